The van der Waals surface area contributed by atoms with Gasteiger partial charge in [0.25, 0.3) is 5.95 Å². The zero-order valence-corrected chi connectivity index (χ0v) is 10.9. The Balaban J connectivity index is 2.03. The van der Waals surface area contributed by atoms with E-state index in [1.165, 1.54) is 0 Å². The van der Waals surface area contributed by atoms with Gasteiger partial charge in [0.05, 0.1) is 18.8 Å². The number of aliphatic hydroxyl groups excluding tert-OH is 1. The smallest absolute Gasteiger partial charge is 0.252 e. The van der Waals surface area contributed by atoms with Crippen LogP contribution in [0.15, 0.2) is 31.2 Å². The van der Waals surface area contributed by atoms with Gasteiger partial charge < -0.3 is 14.7 Å². The van der Waals surface area contributed by atoms with Crippen LogP contribution in [0.3, 0.4) is 0 Å². The molecule has 2 aromatic rings. The lowest BCUT2D eigenvalue weighted by Crippen LogP contribution is -2.37. The number of anilines is 1. The average Bonchev–Trinajstić information content (AvgIpc) is 3.02. The Bertz CT molecular complexity index is 605. The van der Waals surface area contributed by atoms with Crippen LogP contribution in [0, 0.1) is 0 Å². The van der Waals surface area contributed by atoms with Gasteiger partial charge in [0, 0.05) is 31.7 Å². The van der Waals surface area contributed by atoms with E-state index in [2.05, 4.69) is 26.5 Å². The second kappa shape index (κ2) is 5.30. The fourth-order valence-electron chi connectivity index (χ4n) is 2.08. The van der Waals surface area contributed by atoms with Gasteiger partial charge >= 0.3 is 0 Å². The summed E-state index contributed by atoms with van der Waals surface area (Å²) in [5.41, 5.74) is 0.530. The fraction of sp³-hybridized carbons (Fsp3) is 0.308. The van der Waals surface area contributed by atoms with Crippen LogP contribution >= 0.6 is 0 Å². The van der Waals surface area contributed by atoms with E-state index in [0.717, 1.165) is 13.1 Å². The molecule has 0 unspecified atom stereocenters. The van der Waals surface area contributed by atoms with E-state index in [0.29, 0.717) is 30.5 Å². The molecule has 0 radical (unpaired) electrons. The molecular weight excluding hydrogens is 258 g/mol. The summed E-state index contributed by atoms with van der Waals surface area (Å²) in [6, 6.07) is 1.80. The number of ether oxygens (including phenoxy) is 1. The largest absolute Gasteiger partial charge is 0.508 e. The van der Waals surface area contributed by atoms with Gasteiger partial charge in [-0.15, -0.1) is 0 Å². The van der Waals surface area contributed by atoms with Crippen molar-refractivity contribution in [1.82, 2.24) is 19.7 Å². The molecule has 0 aliphatic carbocycles. The highest BCUT2D eigenvalue weighted by atomic mass is 16.5. The van der Waals surface area contributed by atoms with Crippen molar-refractivity contribution in [2.75, 3.05) is 31.2 Å². The van der Waals surface area contributed by atoms with E-state index in [-0.39, 0.29) is 5.76 Å². The van der Waals surface area contributed by atoms with Crippen LogP contribution in [0.25, 0.3) is 11.7 Å². The van der Waals surface area contributed by atoms with E-state index in [1.54, 1.807) is 29.3 Å². The zero-order valence-electron chi connectivity index (χ0n) is 10.9. The molecule has 0 bridgehead atoms. The average molecular weight is 273 g/mol. The van der Waals surface area contributed by atoms with Crippen molar-refractivity contribution in [3.63, 3.8) is 0 Å². The molecule has 3 heterocycles. The van der Waals surface area contributed by atoms with Crippen LogP contribution in [-0.4, -0.2) is 51.2 Å². The Labute approximate surface area is 116 Å². The third kappa shape index (κ3) is 2.35. The first-order valence-corrected chi connectivity index (χ1v) is 6.33. The van der Waals surface area contributed by atoms with Crippen molar-refractivity contribution >= 4 is 11.6 Å². The summed E-state index contributed by atoms with van der Waals surface area (Å²) < 4.78 is 6.91. The van der Waals surface area contributed by atoms with Crippen molar-refractivity contribution in [1.29, 1.82) is 0 Å². The van der Waals surface area contributed by atoms with E-state index in [9.17, 15) is 5.11 Å². The standard InChI is InChI=1S/C13H15N5O2/c1-10(19)11-9-14-13(18-4-2-3-15-18)16-12(11)17-5-7-20-8-6-17/h2-4,9,19H,1,5-8H2. The Morgan fingerprint density at radius 1 is 1.35 bits per heavy atom. The van der Waals surface area contributed by atoms with Crippen molar-refractivity contribution < 1.29 is 9.84 Å². The number of aliphatic hydroxyl groups is 1. The van der Waals surface area contributed by atoms with Crippen LogP contribution in [0.4, 0.5) is 5.82 Å². The van der Waals surface area contributed by atoms with Crippen LogP contribution in [-0.2, 0) is 4.74 Å². The van der Waals surface area contributed by atoms with Crippen molar-refractivity contribution in [3.05, 3.63) is 36.8 Å². The molecule has 0 aromatic carbocycles. The third-order valence-electron chi connectivity index (χ3n) is 3.09. The fourth-order valence-corrected chi connectivity index (χ4v) is 2.08. The summed E-state index contributed by atoms with van der Waals surface area (Å²) >= 11 is 0. The van der Waals surface area contributed by atoms with Crippen molar-refractivity contribution in [2.45, 2.75) is 0 Å². The molecular formula is C13H15N5O2. The van der Waals surface area contributed by atoms with E-state index >= 15 is 0 Å². The highest BCUT2D eigenvalue weighted by Crippen LogP contribution is 2.23. The summed E-state index contributed by atoms with van der Waals surface area (Å²) in [6.45, 7) is 6.28. The second-order valence-corrected chi connectivity index (χ2v) is 4.40. The van der Waals surface area contributed by atoms with Crippen LogP contribution in [0.5, 0.6) is 0 Å². The van der Waals surface area contributed by atoms with Gasteiger partial charge in [-0.3, -0.25) is 0 Å². The van der Waals surface area contributed by atoms with E-state index in [1.807, 2.05) is 0 Å². The Kier molecular flexibility index (Phi) is 3.34. The van der Waals surface area contributed by atoms with Crippen molar-refractivity contribution in [2.24, 2.45) is 0 Å². The topological polar surface area (TPSA) is 76.3 Å². The summed E-state index contributed by atoms with van der Waals surface area (Å²) in [5.74, 6) is 1.07. The molecule has 0 atom stereocenters. The number of rotatable bonds is 3. The van der Waals surface area contributed by atoms with Gasteiger partial charge in [0.2, 0.25) is 0 Å². The number of hydrogen-bond donors (Lipinski definition) is 1. The monoisotopic (exact) mass is 273 g/mol. The SMILES string of the molecule is C=C(O)c1cnc(-n2cccn2)nc1N1CCOCC1. The Morgan fingerprint density at radius 3 is 2.80 bits per heavy atom. The number of nitrogens with zero attached hydrogens (tertiary/aromatic N) is 5. The molecule has 7 heteroatoms. The van der Waals surface area contributed by atoms with Crippen LogP contribution in [0.1, 0.15) is 5.56 Å². The minimum atomic E-state index is -0.0430. The van der Waals surface area contributed by atoms with E-state index in [4.69, 9.17) is 4.74 Å². The Hall–Kier alpha value is -2.41. The maximum absolute atomic E-state index is 9.70. The first-order valence-electron chi connectivity index (χ1n) is 6.33. The lowest BCUT2D eigenvalue weighted by molar-refractivity contribution is 0.122. The lowest BCUT2D eigenvalue weighted by atomic mass is 10.2. The highest BCUT2D eigenvalue weighted by Gasteiger charge is 2.19. The molecule has 0 spiro atoms. The minimum absolute atomic E-state index is 0.0430. The first kappa shape index (κ1) is 12.6. The van der Waals surface area contributed by atoms with Gasteiger partial charge in [-0.2, -0.15) is 10.1 Å². The zero-order chi connectivity index (χ0) is 13.9. The number of hydrogen-bond acceptors (Lipinski definition) is 6. The summed E-state index contributed by atoms with van der Waals surface area (Å²) in [6.07, 6.45) is 5.00. The molecule has 1 aliphatic rings. The van der Waals surface area contributed by atoms with Crippen molar-refractivity contribution in [3.8, 4) is 5.95 Å². The Morgan fingerprint density at radius 2 is 2.15 bits per heavy atom. The molecule has 0 saturated carbocycles. The molecule has 7 nitrogen and oxygen atoms in total. The molecule has 2 aromatic heterocycles. The maximum Gasteiger partial charge on any atom is 0.252 e. The minimum Gasteiger partial charge on any atom is -0.508 e. The van der Waals surface area contributed by atoms with Gasteiger partial charge in [0.1, 0.15) is 11.6 Å². The predicted octanol–water partition coefficient (Wildman–Crippen LogP) is 1.03. The summed E-state index contributed by atoms with van der Waals surface area (Å²) in [4.78, 5) is 10.8. The highest BCUT2D eigenvalue weighted by molar-refractivity contribution is 5.68. The quantitative estimate of drug-likeness (QED) is 0.842. The van der Waals surface area contributed by atoms with Crippen LogP contribution < -0.4 is 4.90 Å². The normalized spacial score (nSPS) is 15.3. The van der Waals surface area contributed by atoms with Crippen LogP contribution in [0.2, 0.25) is 0 Å². The number of morpholine rings is 1. The van der Waals surface area contributed by atoms with E-state index < -0.39 is 0 Å². The molecule has 0 amide bonds. The molecule has 1 N–H and O–H groups in total. The van der Waals surface area contributed by atoms with Gasteiger partial charge in [-0.05, 0) is 6.07 Å². The van der Waals surface area contributed by atoms with Gasteiger partial charge in [-0.1, -0.05) is 6.58 Å². The molecule has 1 saturated heterocycles. The molecule has 1 fully saturated rings. The predicted molar refractivity (Wildman–Crippen MR) is 73.8 cm³/mol. The maximum atomic E-state index is 9.70. The molecule has 104 valence electrons. The molecule has 1 aliphatic heterocycles. The number of aromatic nitrogens is 4. The molecule has 3 rings (SSSR count). The third-order valence-corrected chi connectivity index (χ3v) is 3.09. The lowest BCUT2D eigenvalue weighted by Gasteiger charge is -2.29. The molecule has 20 heavy (non-hydrogen) atoms. The summed E-state index contributed by atoms with van der Waals surface area (Å²) in [7, 11) is 0. The van der Waals surface area contributed by atoms with Gasteiger partial charge in [0.15, 0.2) is 0 Å². The first-order chi connectivity index (χ1) is 9.75. The van der Waals surface area contributed by atoms with Gasteiger partial charge in [-0.25, -0.2) is 9.67 Å². The second-order valence-electron chi connectivity index (χ2n) is 4.40. The summed E-state index contributed by atoms with van der Waals surface area (Å²) in [5, 5.41) is 13.8.